The molecule has 3 aliphatic carbocycles. The molecule has 13 rings (SSSR count). The van der Waals surface area contributed by atoms with Gasteiger partial charge in [0.2, 0.25) is 5.28 Å². The number of nitrogens with one attached hydrogen (secondary N) is 1. The van der Waals surface area contributed by atoms with Gasteiger partial charge < -0.3 is 50.0 Å². The van der Waals surface area contributed by atoms with Crippen LogP contribution in [-0.2, 0) is 72.9 Å². The minimum atomic E-state index is -3.36. The molecule has 3 saturated heterocycles. The first-order chi connectivity index (χ1) is 34.3. The number of rotatable bonds is 6. The quantitative estimate of drug-likeness (QED) is 0.111. The molecular weight excluding hydrogens is 1030 g/mol. The molecule has 1 N–H and O–H groups in total. The summed E-state index contributed by atoms with van der Waals surface area (Å²) in [5.41, 5.74) is 6.01. The largest absolute Gasteiger partial charge is 0.495 e. The summed E-state index contributed by atoms with van der Waals surface area (Å²) < 4.78 is 83.2. The molecule has 8 aliphatic rings. The van der Waals surface area contributed by atoms with E-state index >= 15 is 0 Å². The SMILES string of the molecule is CC1(C)OB(c2cccc3c2C=CC3)OC1(C)C.CS(=O)(=O)C1(c2nc(-c3cccc4[nH]ccc34)nc3c2OCC2COCCN32)CC1.CS(=O)(=O)C1(c2nc(Cl)nc3c2OCC2COCCN32)CC1.[CH2-]C.[V]. The predicted octanol–water partition coefficient (Wildman–Crippen LogP) is 6.41. The van der Waals surface area contributed by atoms with Crippen LogP contribution in [0, 0.1) is 6.92 Å². The maximum absolute atomic E-state index is 12.7. The van der Waals surface area contributed by atoms with E-state index in [0.29, 0.717) is 119 Å². The van der Waals surface area contributed by atoms with Crippen molar-refractivity contribution in [1.82, 2.24) is 24.9 Å². The van der Waals surface area contributed by atoms with Gasteiger partial charge in [-0.1, -0.05) is 42.5 Å². The summed E-state index contributed by atoms with van der Waals surface area (Å²) in [7, 11) is -6.91. The smallest absolute Gasteiger partial charge is 0.486 e. The average Bonchev–Trinajstić information content (AvgIpc) is 4.24. The molecule has 22 heteroatoms. The van der Waals surface area contributed by atoms with Crippen molar-refractivity contribution >= 4 is 72.5 Å². The van der Waals surface area contributed by atoms with Crippen LogP contribution in [0.3, 0.4) is 0 Å². The molecule has 3 aromatic heterocycles. The van der Waals surface area contributed by atoms with Crippen molar-refractivity contribution < 1.29 is 63.6 Å². The Morgan fingerprint density at radius 3 is 1.84 bits per heavy atom. The predicted molar refractivity (Wildman–Crippen MR) is 279 cm³/mol. The normalized spacial score (nSPS) is 22.8. The van der Waals surface area contributed by atoms with Crippen LogP contribution in [0.5, 0.6) is 11.5 Å². The molecule has 2 saturated carbocycles. The molecule has 17 nitrogen and oxygen atoms in total. The Labute approximate surface area is 445 Å². The van der Waals surface area contributed by atoms with Crippen LogP contribution in [0.2, 0.25) is 5.28 Å². The molecule has 0 amide bonds. The number of H-pyrrole nitrogens is 1. The van der Waals surface area contributed by atoms with Gasteiger partial charge in [0.15, 0.2) is 48.6 Å². The number of morpholine rings is 2. The van der Waals surface area contributed by atoms with Crippen molar-refractivity contribution in [1.29, 1.82) is 0 Å². The van der Waals surface area contributed by atoms with Gasteiger partial charge in [0, 0.05) is 66.8 Å². The Morgan fingerprint density at radius 1 is 0.726 bits per heavy atom. The third-order valence-corrected chi connectivity index (χ3v) is 19.6. The molecule has 5 fully saturated rings. The third-order valence-electron chi connectivity index (χ3n) is 15.4. The van der Waals surface area contributed by atoms with Crippen LogP contribution in [0.15, 0.2) is 54.7 Å². The first-order valence-corrected chi connectivity index (χ1v) is 28.7. The van der Waals surface area contributed by atoms with Crippen LogP contribution >= 0.6 is 11.6 Å². The van der Waals surface area contributed by atoms with Gasteiger partial charge in [-0.2, -0.15) is 11.9 Å². The van der Waals surface area contributed by atoms with Crippen LogP contribution in [-0.4, -0.2) is 137 Å². The summed E-state index contributed by atoms with van der Waals surface area (Å²) in [4.78, 5) is 25.7. The Balaban J connectivity index is 0.000000136. The molecular formula is C51H62BClN7O10S2V-. The third kappa shape index (κ3) is 9.59. The van der Waals surface area contributed by atoms with Crippen molar-refractivity contribution in [2.24, 2.45) is 0 Å². The molecule has 5 aliphatic heterocycles. The molecule has 0 bridgehead atoms. The Hall–Kier alpha value is -4.24. The topological polar surface area (TPSA) is 197 Å². The first kappa shape index (κ1) is 53.6. The molecule has 0 spiro atoms. The van der Waals surface area contributed by atoms with Crippen molar-refractivity contribution in [2.45, 2.75) is 99.5 Å². The average molecular weight is 1090 g/mol. The van der Waals surface area contributed by atoms with E-state index in [2.05, 4.69) is 89.7 Å². The van der Waals surface area contributed by atoms with Gasteiger partial charge in [0.25, 0.3) is 0 Å². The molecule has 8 heterocycles. The van der Waals surface area contributed by atoms with Gasteiger partial charge in [-0.15, -0.1) is 0 Å². The van der Waals surface area contributed by atoms with Crippen molar-refractivity contribution in [2.75, 3.05) is 75.0 Å². The summed E-state index contributed by atoms with van der Waals surface area (Å²) in [5, 5.41) is 1.06. The summed E-state index contributed by atoms with van der Waals surface area (Å²) in [5.74, 6) is 2.77. The second kappa shape index (κ2) is 20.0. The number of benzene rings is 2. The van der Waals surface area contributed by atoms with Crippen LogP contribution < -0.4 is 24.7 Å². The number of fused-ring (bicyclic) bond motifs is 8. The number of halogens is 1. The first-order valence-electron chi connectivity index (χ1n) is 24.6. The number of sulfone groups is 2. The number of anilines is 2. The Kier molecular flexibility index (Phi) is 14.7. The van der Waals surface area contributed by atoms with Gasteiger partial charge in [-0.25, -0.2) is 31.8 Å². The summed E-state index contributed by atoms with van der Waals surface area (Å²) in [6.45, 7) is 17.9. The van der Waals surface area contributed by atoms with E-state index in [1.54, 1.807) is 6.92 Å². The number of nitrogens with zero attached hydrogens (tertiary/aromatic N) is 6. The van der Waals surface area contributed by atoms with Crippen molar-refractivity contribution in [3.8, 4) is 22.9 Å². The van der Waals surface area contributed by atoms with Crippen LogP contribution in [0.4, 0.5) is 11.6 Å². The second-order valence-electron chi connectivity index (χ2n) is 20.4. The second-order valence-corrected chi connectivity index (χ2v) is 25.4. The fourth-order valence-corrected chi connectivity index (χ4v) is 13.1. The maximum Gasteiger partial charge on any atom is 0.495 e. The van der Waals surface area contributed by atoms with Gasteiger partial charge in [0.05, 0.1) is 49.7 Å². The van der Waals surface area contributed by atoms with Gasteiger partial charge in [-0.05, 0) is 100 Å². The number of ether oxygens (including phenoxy) is 4. The molecule has 389 valence electrons. The standard InChI is InChI=1S/C21H22N4O4S.C15H19BO2.C13H16ClN3O4S.C2H5.V/c1-30(26,27)21(6-7-21)18-17-20(25-9-10-28-11-13(25)12-29-17)24-19(23-18)15-3-2-4-16-14(15)5-8-22-16;1-14(2)15(3,4)18-16(17-14)13-10-6-8-11-7-5-9-12(11)13;1-22(18,19)13(2-3-13)10-9-11(16-12(14)15-10)17-4-5-20-6-8(17)7-21-9;1-2;/h2-5,8,13,22H,6-7,9-12H2,1H3;5-6,8-10H,7H2,1-4H3;8H,2-7H2,1H3;1H2,2H3;/q;;;-1;. The van der Waals surface area contributed by atoms with Gasteiger partial charge in [0.1, 0.15) is 34.1 Å². The Bertz CT molecular complexity index is 3150. The van der Waals surface area contributed by atoms with Gasteiger partial charge in [-0.3, -0.25) is 0 Å². The number of allylic oxidation sites excluding steroid dienone is 1. The molecule has 1 radical (unpaired) electrons. The summed E-state index contributed by atoms with van der Waals surface area (Å²) in [6.07, 6.45) is 12.0. The van der Waals surface area contributed by atoms with Crippen molar-refractivity contribution in [3.63, 3.8) is 0 Å². The van der Waals surface area contributed by atoms with E-state index in [1.807, 2.05) is 30.5 Å². The monoisotopic (exact) mass is 1090 g/mol. The van der Waals surface area contributed by atoms with E-state index in [1.165, 1.54) is 23.6 Å². The zero-order valence-electron chi connectivity index (χ0n) is 42.3. The van der Waals surface area contributed by atoms with Crippen LogP contribution in [0.25, 0.3) is 28.4 Å². The molecule has 2 unspecified atom stereocenters. The van der Waals surface area contributed by atoms with E-state index in [-0.39, 0.29) is 54.2 Å². The zero-order valence-corrected chi connectivity index (χ0v) is 46.1. The van der Waals surface area contributed by atoms with E-state index in [0.717, 1.165) is 28.4 Å². The number of aromatic amines is 1. The minimum Gasteiger partial charge on any atom is -0.486 e. The number of aromatic nitrogens is 5. The molecule has 5 aromatic rings. The fourth-order valence-electron chi connectivity index (χ4n) is 10.3. The van der Waals surface area contributed by atoms with E-state index in [4.69, 9.17) is 49.8 Å². The van der Waals surface area contributed by atoms with Gasteiger partial charge >= 0.3 is 7.12 Å². The number of hydrogen-bond acceptors (Lipinski definition) is 16. The fraction of sp³-hybridized carbons (Fsp3) is 0.510. The maximum atomic E-state index is 12.7. The molecule has 73 heavy (non-hydrogen) atoms. The van der Waals surface area contributed by atoms with E-state index in [9.17, 15) is 16.8 Å². The van der Waals surface area contributed by atoms with Crippen LogP contribution in [0.1, 0.15) is 82.8 Å². The number of hydrogen-bond donors (Lipinski definition) is 1. The Morgan fingerprint density at radius 2 is 1.27 bits per heavy atom. The zero-order chi connectivity index (χ0) is 51.0. The molecule has 2 aromatic carbocycles. The summed E-state index contributed by atoms with van der Waals surface area (Å²) >= 11 is 6.07. The minimum absolute atomic E-state index is 0. The van der Waals surface area contributed by atoms with E-state index < -0.39 is 29.2 Å². The molecule has 2 atom stereocenters. The van der Waals surface area contributed by atoms with Crippen molar-refractivity contribution in [3.05, 3.63) is 89.5 Å². The summed E-state index contributed by atoms with van der Waals surface area (Å²) in [6, 6.07) is 14.4.